The zero-order valence-electron chi connectivity index (χ0n) is 14.5. The Hall–Kier alpha value is -3.00. The van der Waals surface area contributed by atoms with Crippen molar-refractivity contribution < 1.29 is 4.39 Å². The summed E-state index contributed by atoms with van der Waals surface area (Å²) in [6.07, 6.45) is 0.956. The van der Waals surface area contributed by atoms with Gasteiger partial charge in [-0.2, -0.15) is 5.26 Å². The molecule has 1 aromatic heterocycles. The summed E-state index contributed by atoms with van der Waals surface area (Å²) in [6.45, 7) is 4.23. The minimum Gasteiger partial charge on any atom is -0.355 e. The number of halogens is 1. The van der Waals surface area contributed by atoms with Gasteiger partial charge in [-0.3, -0.25) is 0 Å². The predicted molar refractivity (Wildman–Crippen MR) is 97.8 cm³/mol. The minimum atomic E-state index is -0.284. The number of hydrogen-bond acceptors (Lipinski definition) is 4. The van der Waals surface area contributed by atoms with Gasteiger partial charge >= 0.3 is 0 Å². The van der Waals surface area contributed by atoms with Crippen molar-refractivity contribution in [2.45, 2.75) is 26.3 Å². The molecule has 0 N–H and O–H groups in total. The molecule has 3 rings (SSSR count). The summed E-state index contributed by atoms with van der Waals surface area (Å²) < 4.78 is 13.3. The van der Waals surface area contributed by atoms with E-state index in [-0.39, 0.29) is 11.9 Å². The van der Waals surface area contributed by atoms with Crippen molar-refractivity contribution in [3.05, 3.63) is 53.8 Å². The number of aromatic nitrogens is 2. The number of fused-ring (bicyclic) bond motifs is 1. The fourth-order valence-electron chi connectivity index (χ4n) is 2.64. The van der Waals surface area contributed by atoms with Gasteiger partial charge in [-0.15, -0.1) is 0 Å². The van der Waals surface area contributed by atoms with E-state index in [2.05, 4.69) is 24.8 Å². The molecule has 0 spiro atoms. The summed E-state index contributed by atoms with van der Waals surface area (Å²) in [5.74, 6) is 0.441. The number of benzene rings is 2. The van der Waals surface area contributed by atoms with Crippen LogP contribution in [0.1, 0.15) is 25.8 Å². The van der Waals surface area contributed by atoms with E-state index < -0.39 is 0 Å². The van der Waals surface area contributed by atoms with Crippen LogP contribution in [0.15, 0.2) is 42.5 Å². The Kier molecular flexibility index (Phi) is 4.62. The van der Waals surface area contributed by atoms with Crippen LogP contribution < -0.4 is 4.90 Å². The molecule has 3 aromatic rings. The minimum absolute atomic E-state index is 0.269. The van der Waals surface area contributed by atoms with E-state index in [0.29, 0.717) is 22.3 Å². The topological polar surface area (TPSA) is 52.8 Å². The molecular formula is C20H19FN4. The molecule has 2 aromatic carbocycles. The lowest BCUT2D eigenvalue weighted by molar-refractivity contribution is 0.628. The predicted octanol–water partition coefficient (Wildman–Crippen LogP) is 4.54. The van der Waals surface area contributed by atoms with Gasteiger partial charge in [0.15, 0.2) is 5.82 Å². The van der Waals surface area contributed by atoms with Crippen molar-refractivity contribution >= 4 is 16.9 Å². The monoisotopic (exact) mass is 334 g/mol. The average molecular weight is 334 g/mol. The van der Waals surface area contributed by atoms with Crippen LogP contribution >= 0.6 is 0 Å². The molecule has 0 fully saturated rings. The summed E-state index contributed by atoms with van der Waals surface area (Å²) in [4.78, 5) is 11.6. The molecule has 0 bridgehead atoms. The van der Waals surface area contributed by atoms with Gasteiger partial charge in [0.1, 0.15) is 11.5 Å². The van der Waals surface area contributed by atoms with E-state index in [4.69, 9.17) is 15.2 Å². The van der Waals surface area contributed by atoms with E-state index in [1.54, 1.807) is 30.3 Å². The van der Waals surface area contributed by atoms with Gasteiger partial charge in [-0.05, 0) is 55.8 Å². The van der Waals surface area contributed by atoms with E-state index in [1.807, 2.05) is 7.05 Å². The number of nitrogens with zero attached hydrogens (tertiary/aromatic N) is 4. The summed E-state index contributed by atoms with van der Waals surface area (Å²) in [6, 6.07) is 13.9. The first-order chi connectivity index (χ1) is 12.0. The van der Waals surface area contributed by atoms with Gasteiger partial charge in [0.05, 0.1) is 22.7 Å². The highest BCUT2D eigenvalue weighted by molar-refractivity contribution is 5.84. The zero-order chi connectivity index (χ0) is 18.0. The van der Waals surface area contributed by atoms with Crippen LogP contribution in [0.4, 0.5) is 10.2 Å². The Morgan fingerprint density at radius 2 is 1.84 bits per heavy atom. The summed E-state index contributed by atoms with van der Waals surface area (Å²) in [5.41, 5.74) is 3.45. The van der Waals surface area contributed by atoms with Crippen molar-refractivity contribution in [1.82, 2.24) is 9.97 Å². The van der Waals surface area contributed by atoms with Crippen LogP contribution in [-0.2, 0) is 0 Å². The van der Waals surface area contributed by atoms with Crippen LogP contribution in [0.2, 0.25) is 0 Å². The summed E-state index contributed by atoms with van der Waals surface area (Å²) in [5, 5.41) is 9.12. The number of anilines is 1. The number of nitriles is 1. The van der Waals surface area contributed by atoms with Crippen molar-refractivity contribution in [1.29, 1.82) is 5.26 Å². The Morgan fingerprint density at radius 1 is 1.12 bits per heavy atom. The molecule has 126 valence electrons. The first-order valence-electron chi connectivity index (χ1n) is 8.24. The standard InChI is InChI=1S/C20H19FN4/c1-4-13(2)25(3)20-19(15-6-8-16(21)9-7-15)23-17-10-5-14(12-22)11-18(17)24-20/h5-11,13H,4H2,1-3H3/t13-/m1/s1. The maximum Gasteiger partial charge on any atom is 0.155 e. The molecule has 0 radical (unpaired) electrons. The SMILES string of the molecule is CC[C@@H](C)N(C)c1nc2cc(C#N)ccc2nc1-c1ccc(F)cc1. The molecule has 1 heterocycles. The van der Waals surface area contributed by atoms with Gasteiger partial charge in [-0.1, -0.05) is 6.92 Å². The maximum atomic E-state index is 13.3. The van der Waals surface area contributed by atoms with Crippen LogP contribution in [-0.4, -0.2) is 23.1 Å². The van der Waals surface area contributed by atoms with Crippen molar-refractivity contribution in [2.75, 3.05) is 11.9 Å². The fourth-order valence-corrected chi connectivity index (χ4v) is 2.64. The summed E-state index contributed by atoms with van der Waals surface area (Å²) in [7, 11) is 1.98. The molecular weight excluding hydrogens is 315 g/mol. The van der Waals surface area contributed by atoms with Gasteiger partial charge in [0.2, 0.25) is 0 Å². The zero-order valence-corrected chi connectivity index (χ0v) is 14.5. The van der Waals surface area contributed by atoms with E-state index in [9.17, 15) is 4.39 Å². The third-order valence-corrected chi connectivity index (χ3v) is 4.48. The van der Waals surface area contributed by atoms with E-state index in [1.165, 1.54) is 12.1 Å². The Labute approximate surface area is 146 Å². The molecule has 0 saturated carbocycles. The second-order valence-electron chi connectivity index (χ2n) is 6.09. The largest absolute Gasteiger partial charge is 0.355 e. The third-order valence-electron chi connectivity index (χ3n) is 4.48. The molecule has 5 heteroatoms. The van der Waals surface area contributed by atoms with Crippen LogP contribution in [0.25, 0.3) is 22.3 Å². The second kappa shape index (κ2) is 6.86. The quantitative estimate of drug-likeness (QED) is 0.703. The highest BCUT2D eigenvalue weighted by Crippen LogP contribution is 2.30. The van der Waals surface area contributed by atoms with Crippen LogP contribution in [0.3, 0.4) is 0 Å². The highest BCUT2D eigenvalue weighted by atomic mass is 19.1. The number of hydrogen-bond donors (Lipinski definition) is 0. The molecule has 0 aliphatic rings. The lowest BCUT2D eigenvalue weighted by atomic mass is 10.1. The van der Waals surface area contributed by atoms with Gasteiger partial charge in [0.25, 0.3) is 0 Å². The fraction of sp³-hybridized carbons (Fsp3) is 0.250. The van der Waals surface area contributed by atoms with Gasteiger partial charge < -0.3 is 4.90 Å². The van der Waals surface area contributed by atoms with Crippen molar-refractivity contribution in [3.8, 4) is 17.3 Å². The molecule has 0 saturated heterocycles. The molecule has 1 atom stereocenters. The maximum absolute atomic E-state index is 13.3. The van der Waals surface area contributed by atoms with Crippen LogP contribution in [0, 0.1) is 17.1 Å². The number of rotatable bonds is 4. The highest BCUT2D eigenvalue weighted by Gasteiger charge is 2.18. The van der Waals surface area contributed by atoms with Gasteiger partial charge in [0, 0.05) is 18.7 Å². The Balaban J connectivity index is 2.25. The summed E-state index contributed by atoms with van der Waals surface area (Å²) >= 11 is 0. The second-order valence-corrected chi connectivity index (χ2v) is 6.09. The molecule has 25 heavy (non-hydrogen) atoms. The lowest BCUT2D eigenvalue weighted by Gasteiger charge is -2.27. The molecule has 0 unspecified atom stereocenters. The first-order valence-corrected chi connectivity index (χ1v) is 8.24. The van der Waals surface area contributed by atoms with Crippen molar-refractivity contribution in [3.63, 3.8) is 0 Å². The lowest BCUT2D eigenvalue weighted by Crippen LogP contribution is -2.29. The Bertz CT molecular complexity index is 944. The molecule has 0 aliphatic carbocycles. The third kappa shape index (κ3) is 3.29. The van der Waals surface area contributed by atoms with E-state index >= 15 is 0 Å². The average Bonchev–Trinajstić information content (AvgIpc) is 2.65. The molecule has 0 aliphatic heterocycles. The molecule has 0 amide bonds. The van der Waals surface area contributed by atoms with Crippen LogP contribution in [0.5, 0.6) is 0 Å². The van der Waals surface area contributed by atoms with Crippen molar-refractivity contribution in [2.24, 2.45) is 0 Å². The molecule has 4 nitrogen and oxygen atoms in total. The first kappa shape index (κ1) is 16.8. The normalized spacial score (nSPS) is 12.0. The van der Waals surface area contributed by atoms with E-state index in [0.717, 1.165) is 17.8 Å². The smallest absolute Gasteiger partial charge is 0.155 e. The van der Waals surface area contributed by atoms with Gasteiger partial charge in [-0.25, -0.2) is 14.4 Å². The Morgan fingerprint density at radius 3 is 2.48 bits per heavy atom.